The lowest BCUT2D eigenvalue weighted by molar-refractivity contribution is 0.102. The van der Waals surface area contributed by atoms with E-state index in [-0.39, 0.29) is 11.6 Å². The molecule has 2 aromatic carbocycles. The van der Waals surface area contributed by atoms with Crippen LogP contribution in [-0.4, -0.2) is 25.8 Å². The van der Waals surface area contributed by atoms with Gasteiger partial charge >= 0.3 is 0 Å². The molecule has 7 nitrogen and oxygen atoms in total. The Hall–Kier alpha value is -3.87. The molecule has 0 aliphatic heterocycles. The Morgan fingerprint density at radius 1 is 0.885 bits per heavy atom. The van der Waals surface area contributed by atoms with Gasteiger partial charge in [-0.3, -0.25) is 9.78 Å². The number of hydrogen-bond donors (Lipinski definition) is 2. The predicted molar refractivity (Wildman–Crippen MR) is 99.2 cm³/mol. The standard InChI is InChI=1S/C19H14N6O/c26-19(17-11-20-8-9-21-17)25-14-5-3-4-13(10-14)24-18-15-6-1-2-7-16(15)22-12-23-18/h1-12H,(H,25,26)(H,22,23,24). The van der Waals surface area contributed by atoms with Crippen LogP contribution in [0.4, 0.5) is 17.2 Å². The number of hydrogen-bond acceptors (Lipinski definition) is 6. The molecule has 0 aliphatic rings. The molecular formula is C19H14N6O. The Labute approximate surface area is 149 Å². The first-order valence-corrected chi connectivity index (χ1v) is 7.94. The molecular weight excluding hydrogens is 328 g/mol. The molecule has 2 aromatic heterocycles. The Balaban J connectivity index is 1.57. The number of carbonyl (C=O) groups is 1. The minimum atomic E-state index is -0.317. The monoisotopic (exact) mass is 342 g/mol. The van der Waals surface area contributed by atoms with Crippen molar-refractivity contribution < 1.29 is 4.79 Å². The molecule has 0 bridgehead atoms. The Kier molecular flexibility index (Phi) is 4.17. The maximum atomic E-state index is 12.2. The van der Waals surface area contributed by atoms with Crippen LogP contribution in [0, 0.1) is 0 Å². The normalized spacial score (nSPS) is 10.5. The molecule has 0 saturated carbocycles. The molecule has 26 heavy (non-hydrogen) atoms. The van der Waals surface area contributed by atoms with Crippen LogP contribution < -0.4 is 10.6 Å². The van der Waals surface area contributed by atoms with E-state index >= 15 is 0 Å². The van der Waals surface area contributed by atoms with Gasteiger partial charge in [-0.1, -0.05) is 18.2 Å². The smallest absolute Gasteiger partial charge is 0.275 e. The Bertz CT molecular complexity index is 1060. The lowest BCUT2D eigenvalue weighted by atomic mass is 10.2. The summed E-state index contributed by atoms with van der Waals surface area (Å²) < 4.78 is 0. The SMILES string of the molecule is O=C(Nc1cccc(Nc2ncnc3ccccc23)c1)c1cnccn1. The Morgan fingerprint density at radius 2 is 1.77 bits per heavy atom. The highest BCUT2D eigenvalue weighted by Crippen LogP contribution is 2.24. The minimum absolute atomic E-state index is 0.257. The number of carbonyl (C=O) groups excluding carboxylic acids is 1. The number of amides is 1. The van der Waals surface area contributed by atoms with Gasteiger partial charge in [-0.15, -0.1) is 0 Å². The molecule has 2 N–H and O–H groups in total. The van der Waals surface area contributed by atoms with Crippen molar-refractivity contribution in [3.63, 3.8) is 0 Å². The quantitative estimate of drug-likeness (QED) is 0.590. The summed E-state index contributed by atoms with van der Waals surface area (Å²) in [6.07, 6.45) is 5.94. The van der Waals surface area contributed by atoms with Crippen LogP contribution in [0.15, 0.2) is 73.4 Å². The van der Waals surface area contributed by atoms with Gasteiger partial charge in [0.25, 0.3) is 5.91 Å². The summed E-state index contributed by atoms with van der Waals surface area (Å²) in [6.45, 7) is 0. The van der Waals surface area contributed by atoms with Crippen molar-refractivity contribution in [2.24, 2.45) is 0 Å². The molecule has 0 unspecified atom stereocenters. The highest BCUT2D eigenvalue weighted by Gasteiger charge is 2.08. The molecule has 0 aliphatic carbocycles. The summed E-state index contributed by atoms with van der Waals surface area (Å²) in [5.41, 5.74) is 2.56. The number of rotatable bonds is 4. The molecule has 0 spiro atoms. The van der Waals surface area contributed by atoms with Crippen molar-refractivity contribution in [3.8, 4) is 0 Å². The van der Waals surface area contributed by atoms with Crippen molar-refractivity contribution in [2.45, 2.75) is 0 Å². The second kappa shape index (κ2) is 6.94. The van der Waals surface area contributed by atoms with Crippen LogP contribution in [0.1, 0.15) is 10.5 Å². The topological polar surface area (TPSA) is 92.7 Å². The van der Waals surface area contributed by atoms with Crippen molar-refractivity contribution in [1.82, 2.24) is 19.9 Å². The fraction of sp³-hybridized carbons (Fsp3) is 0. The summed E-state index contributed by atoms with van der Waals surface area (Å²) in [5, 5.41) is 7.00. The zero-order chi connectivity index (χ0) is 17.8. The van der Waals surface area contributed by atoms with Crippen molar-refractivity contribution in [3.05, 3.63) is 79.1 Å². The van der Waals surface area contributed by atoms with E-state index in [0.717, 1.165) is 16.6 Å². The average Bonchev–Trinajstić information content (AvgIpc) is 2.69. The van der Waals surface area contributed by atoms with Crippen molar-refractivity contribution in [1.29, 1.82) is 0 Å². The van der Waals surface area contributed by atoms with Gasteiger partial charge < -0.3 is 10.6 Å². The van der Waals surface area contributed by atoms with Crippen LogP contribution in [0.5, 0.6) is 0 Å². The molecule has 0 radical (unpaired) electrons. The molecule has 7 heteroatoms. The number of benzene rings is 2. The molecule has 126 valence electrons. The van der Waals surface area contributed by atoms with Crippen LogP contribution in [0.2, 0.25) is 0 Å². The van der Waals surface area contributed by atoms with E-state index in [2.05, 4.69) is 30.6 Å². The van der Waals surface area contributed by atoms with E-state index in [1.165, 1.54) is 24.9 Å². The number of aromatic nitrogens is 4. The second-order valence-corrected chi connectivity index (χ2v) is 5.49. The maximum absolute atomic E-state index is 12.2. The van der Waals surface area contributed by atoms with Crippen LogP contribution >= 0.6 is 0 Å². The van der Waals surface area contributed by atoms with E-state index in [4.69, 9.17) is 0 Å². The highest BCUT2D eigenvalue weighted by molar-refractivity contribution is 6.03. The third kappa shape index (κ3) is 3.32. The fourth-order valence-electron chi connectivity index (χ4n) is 2.53. The van der Waals surface area contributed by atoms with Gasteiger partial charge in [-0.05, 0) is 30.3 Å². The maximum Gasteiger partial charge on any atom is 0.275 e. The van der Waals surface area contributed by atoms with Gasteiger partial charge in [-0.25, -0.2) is 15.0 Å². The molecule has 0 atom stereocenters. The molecule has 4 aromatic rings. The number of nitrogens with one attached hydrogen (secondary N) is 2. The zero-order valence-electron chi connectivity index (χ0n) is 13.6. The van der Waals surface area contributed by atoms with Crippen molar-refractivity contribution >= 4 is 34.0 Å². The summed E-state index contributed by atoms with van der Waals surface area (Å²) in [5.74, 6) is 0.385. The van der Waals surface area contributed by atoms with Crippen molar-refractivity contribution in [2.75, 3.05) is 10.6 Å². The zero-order valence-corrected chi connectivity index (χ0v) is 13.6. The first-order chi connectivity index (χ1) is 12.8. The lowest BCUT2D eigenvalue weighted by Crippen LogP contribution is -2.13. The molecule has 1 amide bonds. The van der Waals surface area contributed by atoms with Crippen LogP contribution in [-0.2, 0) is 0 Å². The first kappa shape index (κ1) is 15.6. The Morgan fingerprint density at radius 3 is 2.65 bits per heavy atom. The van der Waals surface area contributed by atoms with Crippen LogP contribution in [0.25, 0.3) is 10.9 Å². The first-order valence-electron chi connectivity index (χ1n) is 7.94. The van der Waals surface area contributed by atoms with E-state index in [1.807, 2.05) is 42.5 Å². The van der Waals surface area contributed by atoms with Gasteiger partial charge in [0, 0.05) is 29.2 Å². The van der Waals surface area contributed by atoms with Gasteiger partial charge in [0.1, 0.15) is 17.8 Å². The van der Waals surface area contributed by atoms with E-state index in [1.54, 1.807) is 6.07 Å². The third-order valence-corrected chi connectivity index (χ3v) is 3.72. The number of nitrogens with zero attached hydrogens (tertiary/aromatic N) is 4. The average molecular weight is 342 g/mol. The highest BCUT2D eigenvalue weighted by atomic mass is 16.1. The van der Waals surface area contributed by atoms with Gasteiger partial charge in [0.05, 0.1) is 11.7 Å². The summed E-state index contributed by atoms with van der Waals surface area (Å²) >= 11 is 0. The minimum Gasteiger partial charge on any atom is -0.340 e. The lowest BCUT2D eigenvalue weighted by Gasteiger charge is -2.10. The molecule has 2 heterocycles. The summed E-state index contributed by atoms with van der Waals surface area (Å²) in [7, 11) is 0. The predicted octanol–water partition coefficient (Wildman–Crippen LogP) is 3.42. The van der Waals surface area contributed by atoms with Crippen LogP contribution in [0.3, 0.4) is 0 Å². The number of anilines is 3. The van der Waals surface area contributed by atoms with E-state index < -0.39 is 0 Å². The second-order valence-electron chi connectivity index (χ2n) is 5.49. The molecule has 0 saturated heterocycles. The summed E-state index contributed by atoms with van der Waals surface area (Å²) in [4.78, 5) is 28.7. The molecule has 0 fully saturated rings. The summed E-state index contributed by atoms with van der Waals surface area (Å²) in [6, 6.07) is 15.1. The molecule has 4 rings (SSSR count). The number of para-hydroxylation sites is 1. The third-order valence-electron chi connectivity index (χ3n) is 3.72. The van der Waals surface area contributed by atoms with Gasteiger partial charge in [0.15, 0.2) is 0 Å². The van der Waals surface area contributed by atoms with Gasteiger partial charge in [-0.2, -0.15) is 0 Å². The number of fused-ring (bicyclic) bond motifs is 1. The van der Waals surface area contributed by atoms with E-state index in [0.29, 0.717) is 11.5 Å². The van der Waals surface area contributed by atoms with Gasteiger partial charge in [0.2, 0.25) is 0 Å². The fourth-order valence-corrected chi connectivity index (χ4v) is 2.53. The van der Waals surface area contributed by atoms with E-state index in [9.17, 15) is 4.79 Å². The largest absolute Gasteiger partial charge is 0.340 e.